The first kappa shape index (κ1) is 15.0. The summed E-state index contributed by atoms with van der Waals surface area (Å²) in [5.41, 5.74) is 9.21. The molecule has 1 atom stereocenters. The van der Waals surface area contributed by atoms with Crippen molar-refractivity contribution in [3.63, 3.8) is 0 Å². The molecule has 3 rings (SSSR count). The average molecular weight is 355 g/mol. The predicted molar refractivity (Wildman–Crippen MR) is 92.5 cm³/mol. The Morgan fingerprint density at radius 1 is 1.19 bits per heavy atom. The molecule has 0 radical (unpaired) electrons. The minimum absolute atomic E-state index is 0.184. The van der Waals surface area contributed by atoms with Crippen LogP contribution in [0, 0.1) is 0 Å². The van der Waals surface area contributed by atoms with Gasteiger partial charge in [-0.25, -0.2) is 4.98 Å². The molecule has 1 unspecified atom stereocenters. The van der Waals surface area contributed by atoms with Crippen LogP contribution in [0.25, 0.3) is 11.3 Å². The Kier molecular flexibility index (Phi) is 4.62. The van der Waals surface area contributed by atoms with Gasteiger partial charge in [-0.2, -0.15) is 0 Å². The maximum Gasteiger partial charge on any atom is 0.0992 e. The van der Waals surface area contributed by atoms with Crippen LogP contribution in [0.3, 0.4) is 0 Å². The van der Waals surface area contributed by atoms with Gasteiger partial charge in [-0.3, -0.25) is 0 Å². The summed E-state index contributed by atoms with van der Waals surface area (Å²) in [4.78, 5) is 4.65. The first-order valence-electron chi connectivity index (χ1n) is 6.33. The van der Waals surface area contributed by atoms with Crippen molar-refractivity contribution >= 4 is 45.9 Å². The van der Waals surface area contributed by atoms with Crippen molar-refractivity contribution < 1.29 is 0 Å². The van der Waals surface area contributed by atoms with E-state index >= 15 is 0 Å². The minimum atomic E-state index is -0.184. The zero-order valence-electron chi connectivity index (χ0n) is 10.9. The van der Waals surface area contributed by atoms with Crippen molar-refractivity contribution in [3.05, 3.63) is 61.0 Å². The van der Waals surface area contributed by atoms with Crippen LogP contribution in [-0.4, -0.2) is 4.98 Å². The number of aromatic nitrogens is 1. The lowest BCUT2D eigenvalue weighted by Gasteiger charge is -2.08. The van der Waals surface area contributed by atoms with E-state index in [1.807, 2.05) is 36.4 Å². The Balaban J connectivity index is 1.77. The normalized spacial score (nSPS) is 12.5. The lowest BCUT2D eigenvalue weighted by molar-refractivity contribution is 0.721. The molecule has 0 aliphatic rings. The average Bonchev–Trinajstić information content (AvgIpc) is 3.06. The smallest absolute Gasteiger partial charge is 0.0992 e. The Hall–Kier alpha value is -0.910. The quantitative estimate of drug-likeness (QED) is 0.679. The van der Waals surface area contributed by atoms with E-state index in [0.29, 0.717) is 15.1 Å². The lowest BCUT2D eigenvalue weighted by atomic mass is 10.1. The maximum absolute atomic E-state index is 6.22. The molecule has 0 amide bonds. The lowest BCUT2D eigenvalue weighted by Crippen LogP contribution is -2.12. The molecule has 0 aliphatic heterocycles. The number of nitrogens with zero attached hydrogens (tertiary/aromatic N) is 1. The van der Waals surface area contributed by atoms with E-state index < -0.39 is 0 Å². The number of benzene rings is 1. The third-order valence-electron chi connectivity index (χ3n) is 3.10. The van der Waals surface area contributed by atoms with Crippen LogP contribution >= 0.6 is 45.9 Å². The summed E-state index contributed by atoms with van der Waals surface area (Å²) in [7, 11) is 0. The van der Waals surface area contributed by atoms with Crippen molar-refractivity contribution in [1.29, 1.82) is 0 Å². The molecular weight excluding hydrogens is 343 g/mol. The van der Waals surface area contributed by atoms with Gasteiger partial charge in [0.05, 0.1) is 19.4 Å². The summed E-state index contributed by atoms with van der Waals surface area (Å²) < 4.78 is 1.32. The van der Waals surface area contributed by atoms with Crippen LogP contribution in [0.15, 0.2) is 41.8 Å². The SMILES string of the molecule is NC(Cc1nc(-c2ccccc2)cs1)c1cc(Cl)sc1Cl. The molecule has 3 aromatic rings. The summed E-state index contributed by atoms with van der Waals surface area (Å²) in [6.45, 7) is 0. The van der Waals surface area contributed by atoms with Gasteiger partial charge in [0.1, 0.15) is 0 Å². The fourth-order valence-corrected chi connectivity index (χ4v) is 4.51. The topological polar surface area (TPSA) is 38.9 Å². The monoisotopic (exact) mass is 354 g/mol. The first-order chi connectivity index (χ1) is 10.1. The number of halogens is 2. The van der Waals surface area contributed by atoms with Crippen LogP contribution in [-0.2, 0) is 6.42 Å². The minimum Gasteiger partial charge on any atom is -0.324 e. The molecule has 6 heteroatoms. The predicted octanol–water partition coefficient (Wildman–Crippen LogP) is 5.42. The van der Waals surface area contributed by atoms with E-state index in [0.717, 1.165) is 21.8 Å². The molecule has 2 heterocycles. The number of nitrogens with two attached hydrogens (primary N) is 1. The highest BCUT2D eigenvalue weighted by molar-refractivity contribution is 7.20. The van der Waals surface area contributed by atoms with Crippen LogP contribution in [0.5, 0.6) is 0 Å². The summed E-state index contributed by atoms with van der Waals surface area (Å²) in [6, 6.07) is 11.8. The number of thiazole rings is 1. The molecule has 108 valence electrons. The third-order valence-corrected chi connectivity index (χ3v) is 5.49. The summed E-state index contributed by atoms with van der Waals surface area (Å²) in [5, 5.41) is 3.05. The zero-order valence-corrected chi connectivity index (χ0v) is 14.1. The van der Waals surface area contributed by atoms with Crippen molar-refractivity contribution in [3.8, 4) is 11.3 Å². The molecule has 2 nitrogen and oxygen atoms in total. The number of rotatable bonds is 4. The Morgan fingerprint density at radius 3 is 2.62 bits per heavy atom. The van der Waals surface area contributed by atoms with Gasteiger partial charge in [-0.1, -0.05) is 53.5 Å². The molecular formula is C15H12Cl2N2S2. The van der Waals surface area contributed by atoms with Crippen molar-refractivity contribution in [2.75, 3.05) is 0 Å². The van der Waals surface area contributed by atoms with Gasteiger partial charge in [-0.05, 0) is 6.07 Å². The zero-order chi connectivity index (χ0) is 14.8. The van der Waals surface area contributed by atoms with E-state index in [2.05, 4.69) is 10.4 Å². The first-order valence-corrected chi connectivity index (χ1v) is 8.79. The molecule has 0 saturated heterocycles. The molecule has 1 aromatic carbocycles. The van der Waals surface area contributed by atoms with Crippen molar-refractivity contribution in [2.24, 2.45) is 5.73 Å². The van der Waals surface area contributed by atoms with Crippen molar-refractivity contribution in [2.45, 2.75) is 12.5 Å². The Labute approximate surface area is 141 Å². The molecule has 2 N–H and O–H groups in total. The third kappa shape index (κ3) is 3.47. The van der Waals surface area contributed by atoms with E-state index in [1.54, 1.807) is 11.3 Å². The molecule has 0 bridgehead atoms. The van der Waals surface area contributed by atoms with Crippen molar-refractivity contribution in [1.82, 2.24) is 4.98 Å². The summed E-state index contributed by atoms with van der Waals surface area (Å²) in [6.07, 6.45) is 0.657. The molecule has 0 spiro atoms. The van der Waals surface area contributed by atoms with Gasteiger partial charge in [0.25, 0.3) is 0 Å². The highest BCUT2D eigenvalue weighted by Gasteiger charge is 2.16. The van der Waals surface area contributed by atoms with E-state index in [-0.39, 0.29) is 6.04 Å². The molecule has 0 aliphatic carbocycles. The molecule has 0 fully saturated rings. The maximum atomic E-state index is 6.22. The van der Waals surface area contributed by atoms with Gasteiger partial charge in [-0.15, -0.1) is 22.7 Å². The highest BCUT2D eigenvalue weighted by Crippen LogP contribution is 2.35. The number of hydrogen-bond donors (Lipinski definition) is 1. The second-order valence-corrected chi connectivity index (χ2v) is 7.81. The standard InChI is InChI=1S/C15H12Cl2N2S2/c16-13-6-10(15(17)21-13)11(18)7-14-19-12(8-20-14)9-4-2-1-3-5-9/h1-6,8,11H,7,18H2. The van der Waals surface area contributed by atoms with Gasteiger partial charge in [0.15, 0.2) is 0 Å². The molecule has 0 saturated carbocycles. The molecule has 2 aromatic heterocycles. The van der Waals surface area contributed by atoms with Gasteiger partial charge >= 0.3 is 0 Å². The van der Waals surface area contributed by atoms with Gasteiger partial charge < -0.3 is 5.73 Å². The second kappa shape index (κ2) is 6.46. The van der Waals surface area contributed by atoms with E-state index in [4.69, 9.17) is 28.9 Å². The van der Waals surface area contributed by atoms with Crippen LogP contribution in [0.2, 0.25) is 8.67 Å². The Bertz CT molecular complexity index is 737. The van der Waals surface area contributed by atoms with Gasteiger partial charge in [0.2, 0.25) is 0 Å². The van der Waals surface area contributed by atoms with Crippen LogP contribution in [0.4, 0.5) is 0 Å². The van der Waals surface area contributed by atoms with E-state index in [9.17, 15) is 0 Å². The number of thiophene rings is 1. The molecule has 21 heavy (non-hydrogen) atoms. The summed E-state index contributed by atoms with van der Waals surface area (Å²) >= 11 is 15.1. The largest absolute Gasteiger partial charge is 0.324 e. The Morgan fingerprint density at radius 2 is 1.95 bits per heavy atom. The second-order valence-electron chi connectivity index (χ2n) is 4.58. The fourth-order valence-electron chi connectivity index (χ4n) is 2.05. The van der Waals surface area contributed by atoms with Crippen LogP contribution < -0.4 is 5.73 Å². The summed E-state index contributed by atoms with van der Waals surface area (Å²) in [5.74, 6) is 0. The van der Waals surface area contributed by atoms with E-state index in [1.165, 1.54) is 11.3 Å². The van der Waals surface area contributed by atoms with Crippen LogP contribution in [0.1, 0.15) is 16.6 Å². The van der Waals surface area contributed by atoms with Gasteiger partial charge in [0, 0.05) is 29.0 Å². The highest BCUT2D eigenvalue weighted by atomic mass is 35.5. The number of hydrogen-bond acceptors (Lipinski definition) is 4. The fraction of sp³-hybridized carbons (Fsp3) is 0.133.